The first-order valence-corrected chi connectivity index (χ1v) is 6.46. The van der Waals surface area contributed by atoms with Crippen LogP contribution in [0.15, 0.2) is 0 Å². The van der Waals surface area contributed by atoms with Crippen LogP contribution in [0.5, 0.6) is 0 Å². The van der Waals surface area contributed by atoms with Gasteiger partial charge < -0.3 is 19.4 Å². The molecule has 17 heavy (non-hydrogen) atoms. The fourth-order valence-corrected chi connectivity index (χ4v) is 2.60. The molecule has 5 nitrogen and oxygen atoms in total. The van der Waals surface area contributed by atoms with Gasteiger partial charge in [-0.25, -0.2) is 4.79 Å². The van der Waals surface area contributed by atoms with Crippen LogP contribution in [-0.4, -0.2) is 80.3 Å². The Morgan fingerprint density at radius 2 is 2.06 bits per heavy atom. The quantitative estimate of drug-likeness (QED) is 0.705. The fourth-order valence-electron chi connectivity index (χ4n) is 2.60. The Labute approximate surface area is 103 Å². The molecule has 0 aromatic rings. The maximum Gasteiger partial charge on any atom is 0.319 e. The van der Waals surface area contributed by atoms with Gasteiger partial charge in [0.05, 0.1) is 13.2 Å². The molecule has 2 aliphatic rings. The summed E-state index contributed by atoms with van der Waals surface area (Å²) in [6.45, 7) is 4.79. The number of likely N-dealkylation sites (N-methyl/N-ethyl adjacent to an activating group) is 2. The van der Waals surface area contributed by atoms with Gasteiger partial charge in [-0.2, -0.15) is 0 Å². The van der Waals surface area contributed by atoms with Crippen molar-refractivity contribution in [3.8, 4) is 0 Å². The van der Waals surface area contributed by atoms with Crippen LogP contribution >= 0.6 is 0 Å². The first-order chi connectivity index (χ1) is 8.18. The molecule has 5 heteroatoms. The van der Waals surface area contributed by atoms with E-state index in [9.17, 15) is 4.79 Å². The van der Waals surface area contributed by atoms with Crippen LogP contribution in [0, 0.1) is 0 Å². The maximum atomic E-state index is 12.2. The molecular weight excluding hydrogens is 218 g/mol. The summed E-state index contributed by atoms with van der Waals surface area (Å²) >= 11 is 0. The number of amides is 2. The van der Waals surface area contributed by atoms with Crippen molar-refractivity contribution in [3.63, 3.8) is 0 Å². The standard InChI is InChI=1S/C12H23N3O2/c1-13-5-3-4-11(13)10-14(2)12(16)15-6-8-17-9-7-15/h11H,3-10H2,1-2H3. The van der Waals surface area contributed by atoms with Crippen molar-refractivity contribution in [3.05, 3.63) is 0 Å². The Morgan fingerprint density at radius 3 is 2.65 bits per heavy atom. The molecule has 2 amide bonds. The summed E-state index contributed by atoms with van der Waals surface area (Å²) in [6, 6.07) is 0.679. The van der Waals surface area contributed by atoms with E-state index in [0.29, 0.717) is 19.3 Å². The molecule has 2 saturated heterocycles. The van der Waals surface area contributed by atoms with Crippen molar-refractivity contribution < 1.29 is 9.53 Å². The van der Waals surface area contributed by atoms with Gasteiger partial charge in [0.2, 0.25) is 0 Å². The van der Waals surface area contributed by atoms with E-state index in [-0.39, 0.29) is 6.03 Å². The van der Waals surface area contributed by atoms with Crippen LogP contribution in [0.25, 0.3) is 0 Å². The number of morpholine rings is 1. The van der Waals surface area contributed by atoms with Gasteiger partial charge in [0.25, 0.3) is 0 Å². The summed E-state index contributed by atoms with van der Waals surface area (Å²) in [5.41, 5.74) is 0. The normalized spacial score (nSPS) is 26.2. The average molecular weight is 241 g/mol. The smallest absolute Gasteiger partial charge is 0.319 e. The zero-order valence-corrected chi connectivity index (χ0v) is 10.9. The monoisotopic (exact) mass is 241 g/mol. The van der Waals surface area contributed by atoms with Gasteiger partial charge >= 0.3 is 6.03 Å². The van der Waals surface area contributed by atoms with E-state index in [2.05, 4.69) is 11.9 Å². The second-order valence-corrected chi connectivity index (χ2v) is 5.04. The van der Waals surface area contributed by atoms with Crippen molar-refractivity contribution in [2.45, 2.75) is 18.9 Å². The summed E-state index contributed by atoms with van der Waals surface area (Å²) in [5.74, 6) is 0. The SMILES string of the molecule is CN(CC1CCCN1C)C(=O)N1CCOCC1. The number of urea groups is 1. The number of likely N-dealkylation sites (tertiary alicyclic amines) is 1. The van der Waals surface area contributed by atoms with Crippen molar-refractivity contribution in [1.29, 1.82) is 0 Å². The molecule has 2 heterocycles. The molecule has 0 saturated carbocycles. The number of hydrogen-bond acceptors (Lipinski definition) is 3. The van der Waals surface area contributed by atoms with E-state index in [1.807, 2.05) is 16.8 Å². The van der Waals surface area contributed by atoms with Gasteiger partial charge in [-0.1, -0.05) is 0 Å². The van der Waals surface area contributed by atoms with Gasteiger partial charge in [-0.3, -0.25) is 0 Å². The van der Waals surface area contributed by atoms with Gasteiger partial charge in [0.15, 0.2) is 0 Å². The highest BCUT2D eigenvalue weighted by molar-refractivity contribution is 5.74. The predicted octanol–water partition coefficient (Wildman–Crippen LogP) is 0.465. The number of ether oxygens (including phenoxy) is 1. The highest BCUT2D eigenvalue weighted by Gasteiger charge is 2.26. The number of carbonyl (C=O) groups is 1. The molecule has 2 rings (SSSR count). The van der Waals surface area contributed by atoms with E-state index in [4.69, 9.17) is 4.74 Å². The van der Waals surface area contributed by atoms with Crippen LogP contribution < -0.4 is 0 Å². The minimum Gasteiger partial charge on any atom is -0.378 e. The largest absolute Gasteiger partial charge is 0.378 e. The van der Waals surface area contributed by atoms with E-state index in [1.54, 1.807) is 0 Å². The Balaban J connectivity index is 1.81. The second-order valence-electron chi connectivity index (χ2n) is 5.04. The highest BCUT2D eigenvalue weighted by atomic mass is 16.5. The van der Waals surface area contributed by atoms with E-state index >= 15 is 0 Å². The lowest BCUT2D eigenvalue weighted by Gasteiger charge is -2.33. The van der Waals surface area contributed by atoms with Crippen molar-refractivity contribution >= 4 is 6.03 Å². The number of hydrogen-bond donors (Lipinski definition) is 0. The van der Waals surface area contributed by atoms with Crippen LogP contribution in [0.2, 0.25) is 0 Å². The molecule has 0 radical (unpaired) electrons. The molecule has 1 unspecified atom stereocenters. The molecule has 0 aromatic heterocycles. The van der Waals surface area contributed by atoms with Gasteiger partial charge in [-0.15, -0.1) is 0 Å². The third kappa shape index (κ3) is 3.10. The Bertz CT molecular complexity index is 266. The fraction of sp³-hybridized carbons (Fsp3) is 0.917. The van der Waals surface area contributed by atoms with E-state index in [0.717, 1.165) is 26.2 Å². The first kappa shape index (κ1) is 12.6. The number of carbonyl (C=O) groups excluding carboxylic acids is 1. The Kier molecular flexibility index (Phi) is 4.23. The highest BCUT2D eigenvalue weighted by Crippen LogP contribution is 2.16. The lowest BCUT2D eigenvalue weighted by molar-refractivity contribution is 0.0438. The number of nitrogens with zero attached hydrogens (tertiary/aromatic N) is 3. The minimum absolute atomic E-state index is 0.147. The third-order valence-corrected chi connectivity index (χ3v) is 3.76. The van der Waals surface area contributed by atoms with Crippen molar-refractivity contribution in [1.82, 2.24) is 14.7 Å². The topological polar surface area (TPSA) is 36.0 Å². The van der Waals surface area contributed by atoms with E-state index < -0.39 is 0 Å². The maximum absolute atomic E-state index is 12.2. The summed E-state index contributed by atoms with van der Waals surface area (Å²) in [5, 5.41) is 0. The first-order valence-electron chi connectivity index (χ1n) is 6.46. The van der Waals surface area contributed by atoms with Crippen LogP contribution in [0.3, 0.4) is 0 Å². The average Bonchev–Trinajstić information content (AvgIpc) is 2.75. The van der Waals surface area contributed by atoms with Crippen LogP contribution in [-0.2, 0) is 4.74 Å². The van der Waals surface area contributed by atoms with Crippen LogP contribution in [0.4, 0.5) is 4.79 Å². The molecule has 0 spiro atoms. The molecule has 2 aliphatic heterocycles. The molecule has 0 N–H and O–H groups in total. The van der Waals surface area contributed by atoms with Crippen molar-refractivity contribution in [2.75, 3.05) is 53.5 Å². The summed E-state index contributed by atoms with van der Waals surface area (Å²) < 4.78 is 5.26. The summed E-state index contributed by atoms with van der Waals surface area (Å²) in [6.07, 6.45) is 2.46. The Hall–Kier alpha value is -0.810. The van der Waals surface area contributed by atoms with E-state index in [1.165, 1.54) is 12.8 Å². The molecule has 0 bridgehead atoms. The second kappa shape index (κ2) is 5.69. The molecule has 98 valence electrons. The predicted molar refractivity (Wildman–Crippen MR) is 66.1 cm³/mol. The molecule has 2 fully saturated rings. The third-order valence-electron chi connectivity index (χ3n) is 3.76. The Morgan fingerprint density at radius 1 is 1.35 bits per heavy atom. The molecular formula is C12H23N3O2. The van der Waals surface area contributed by atoms with Gasteiger partial charge in [-0.05, 0) is 26.4 Å². The molecule has 0 aromatic carbocycles. The summed E-state index contributed by atoms with van der Waals surface area (Å²) in [7, 11) is 4.05. The van der Waals surface area contributed by atoms with Crippen molar-refractivity contribution in [2.24, 2.45) is 0 Å². The summed E-state index contributed by atoms with van der Waals surface area (Å²) in [4.78, 5) is 18.3. The van der Waals surface area contributed by atoms with Gasteiger partial charge in [0.1, 0.15) is 0 Å². The molecule has 1 atom stereocenters. The lowest BCUT2D eigenvalue weighted by atomic mass is 10.2. The van der Waals surface area contributed by atoms with Gasteiger partial charge in [0, 0.05) is 32.7 Å². The van der Waals surface area contributed by atoms with Crippen LogP contribution in [0.1, 0.15) is 12.8 Å². The zero-order valence-electron chi connectivity index (χ0n) is 10.9. The lowest BCUT2D eigenvalue weighted by Crippen LogP contribution is -2.49. The minimum atomic E-state index is 0.147. The zero-order chi connectivity index (χ0) is 12.3. The molecule has 0 aliphatic carbocycles. The number of rotatable bonds is 2.